The fourth-order valence-corrected chi connectivity index (χ4v) is 4.95. The molecule has 2 heterocycles. The number of para-hydroxylation sites is 1. The molecule has 37 heavy (non-hydrogen) atoms. The molecular weight excluding hydrogens is 492 g/mol. The van der Waals surface area contributed by atoms with E-state index in [1.807, 2.05) is 44.2 Å². The van der Waals surface area contributed by atoms with E-state index in [-0.39, 0.29) is 10.5 Å². The van der Waals surface area contributed by atoms with Crippen molar-refractivity contribution in [2.75, 3.05) is 0 Å². The number of carboxylic acid groups (broad SMARTS) is 1. The molecule has 9 heteroatoms. The number of nitrogens with zero attached hydrogens (tertiary/aromatic N) is 1. The van der Waals surface area contributed by atoms with Crippen molar-refractivity contribution >= 4 is 37.9 Å². The Morgan fingerprint density at radius 1 is 1.05 bits per heavy atom. The number of hydrogen-bond donors (Lipinski definition) is 2. The van der Waals surface area contributed by atoms with Crippen molar-refractivity contribution < 1.29 is 27.5 Å². The van der Waals surface area contributed by atoms with E-state index in [2.05, 4.69) is 0 Å². The summed E-state index contributed by atoms with van der Waals surface area (Å²) in [6.07, 6.45) is -0.514. The molecule has 0 aliphatic carbocycles. The van der Waals surface area contributed by atoms with Crippen molar-refractivity contribution in [1.29, 1.82) is 0 Å². The summed E-state index contributed by atoms with van der Waals surface area (Å²) in [6.45, 7) is 5.57. The van der Waals surface area contributed by atoms with Gasteiger partial charge in [0.25, 0.3) is 0 Å². The SMILES string of the molecule is Cc1c(-c2cc(C(=O)O)c3c(O[C@H](C)c4ccc(S(N)(=O)=O)cc4)ccc(C)c3n2)oc2ccccc12. The van der Waals surface area contributed by atoms with Crippen molar-refractivity contribution in [3.63, 3.8) is 0 Å². The van der Waals surface area contributed by atoms with Gasteiger partial charge in [-0.2, -0.15) is 0 Å². The lowest BCUT2D eigenvalue weighted by Crippen LogP contribution is -2.12. The minimum Gasteiger partial charge on any atom is -0.485 e. The Bertz CT molecular complexity index is 1790. The molecule has 0 fully saturated rings. The van der Waals surface area contributed by atoms with Crippen LogP contribution in [0.25, 0.3) is 33.3 Å². The summed E-state index contributed by atoms with van der Waals surface area (Å²) in [7, 11) is -3.81. The number of fused-ring (bicyclic) bond motifs is 2. The van der Waals surface area contributed by atoms with Crippen LogP contribution in [-0.4, -0.2) is 24.5 Å². The molecule has 0 amide bonds. The average Bonchev–Trinajstić information content (AvgIpc) is 3.21. The minimum absolute atomic E-state index is 0.00462. The maximum Gasteiger partial charge on any atom is 0.336 e. The van der Waals surface area contributed by atoms with Crippen LogP contribution in [0, 0.1) is 13.8 Å². The first kappa shape index (κ1) is 24.5. The lowest BCUT2D eigenvalue weighted by Gasteiger charge is -2.19. The second-order valence-corrected chi connectivity index (χ2v) is 10.5. The van der Waals surface area contributed by atoms with Crippen molar-refractivity contribution in [2.45, 2.75) is 31.8 Å². The van der Waals surface area contributed by atoms with E-state index in [1.165, 1.54) is 18.2 Å². The van der Waals surface area contributed by atoms with Gasteiger partial charge in [-0.05, 0) is 62.2 Å². The molecule has 2 aromatic heterocycles. The van der Waals surface area contributed by atoms with Gasteiger partial charge >= 0.3 is 5.97 Å². The Balaban J connectivity index is 1.62. The fourth-order valence-electron chi connectivity index (χ4n) is 4.43. The number of pyridine rings is 1. The van der Waals surface area contributed by atoms with Crippen LogP contribution in [-0.2, 0) is 10.0 Å². The van der Waals surface area contributed by atoms with Crippen LogP contribution < -0.4 is 9.88 Å². The van der Waals surface area contributed by atoms with Gasteiger partial charge in [0.15, 0.2) is 5.76 Å². The normalized spacial score (nSPS) is 12.6. The maximum absolute atomic E-state index is 12.4. The number of sulfonamides is 1. The molecular formula is C28H24N2O6S. The highest BCUT2D eigenvalue weighted by Gasteiger charge is 2.22. The Hall–Kier alpha value is -4.21. The molecule has 0 spiro atoms. The highest BCUT2D eigenvalue weighted by atomic mass is 32.2. The number of carboxylic acids is 1. The zero-order chi connectivity index (χ0) is 26.5. The van der Waals surface area contributed by atoms with E-state index in [4.69, 9.17) is 19.3 Å². The highest BCUT2D eigenvalue weighted by molar-refractivity contribution is 7.89. The molecule has 8 nitrogen and oxygen atoms in total. The second kappa shape index (κ2) is 9.02. The van der Waals surface area contributed by atoms with Crippen molar-refractivity contribution in [3.05, 3.63) is 89.0 Å². The Morgan fingerprint density at radius 2 is 1.76 bits per heavy atom. The zero-order valence-corrected chi connectivity index (χ0v) is 21.2. The summed E-state index contributed by atoms with van der Waals surface area (Å²) in [4.78, 5) is 17.2. The van der Waals surface area contributed by atoms with Gasteiger partial charge in [-0.3, -0.25) is 0 Å². The standard InChI is InChI=1S/C28H24N2O6S/c1-15-8-13-24(35-17(3)18-9-11-19(12-10-18)37(29,33)34)25-21(28(31)32)14-22(30-26(15)25)27-16(2)20-6-4-5-7-23(20)36-27/h4-14,17H,1-3H3,(H,31,32)(H2,29,33,34)/t17-/m1/s1. The molecule has 5 aromatic rings. The number of carbonyl (C=O) groups is 1. The smallest absolute Gasteiger partial charge is 0.336 e. The Morgan fingerprint density at radius 3 is 2.41 bits per heavy atom. The molecule has 188 valence electrons. The van der Waals surface area contributed by atoms with Gasteiger partial charge < -0.3 is 14.3 Å². The third-order valence-corrected chi connectivity index (χ3v) is 7.34. The maximum atomic E-state index is 12.4. The number of primary sulfonamides is 1. The van der Waals surface area contributed by atoms with Gasteiger partial charge in [0.2, 0.25) is 10.0 Å². The van der Waals surface area contributed by atoms with Crippen molar-refractivity contribution in [1.82, 2.24) is 4.98 Å². The lowest BCUT2D eigenvalue weighted by molar-refractivity contribution is 0.0698. The van der Waals surface area contributed by atoms with Gasteiger partial charge in [-0.25, -0.2) is 23.3 Å². The molecule has 0 radical (unpaired) electrons. The number of hydrogen-bond acceptors (Lipinski definition) is 6. The number of ether oxygens (including phenoxy) is 1. The van der Waals surface area contributed by atoms with Gasteiger partial charge in [-0.1, -0.05) is 36.4 Å². The number of rotatable bonds is 6. The summed E-state index contributed by atoms with van der Waals surface area (Å²) >= 11 is 0. The minimum atomic E-state index is -3.81. The van der Waals surface area contributed by atoms with Gasteiger partial charge in [-0.15, -0.1) is 0 Å². The third-order valence-electron chi connectivity index (χ3n) is 6.41. The molecule has 0 aliphatic heterocycles. The van der Waals surface area contributed by atoms with E-state index in [1.54, 1.807) is 25.1 Å². The first-order valence-electron chi connectivity index (χ1n) is 11.5. The van der Waals surface area contributed by atoms with Crippen LogP contribution >= 0.6 is 0 Å². The molecule has 3 aromatic carbocycles. The van der Waals surface area contributed by atoms with Crippen LogP contribution in [0.4, 0.5) is 0 Å². The van der Waals surface area contributed by atoms with Gasteiger partial charge in [0.05, 0.1) is 21.4 Å². The number of aryl methyl sites for hydroxylation is 2. The molecule has 0 unspecified atom stereocenters. The number of aromatic carboxylic acids is 1. The van der Waals surface area contributed by atoms with E-state index in [9.17, 15) is 18.3 Å². The summed E-state index contributed by atoms with van der Waals surface area (Å²) in [5, 5.41) is 16.6. The molecule has 3 N–H and O–H groups in total. The molecule has 1 atom stereocenters. The topological polar surface area (TPSA) is 133 Å². The monoisotopic (exact) mass is 516 g/mol. The molecule has 0 saturated carbocycles. The fraction of sp³-hybridized carbons (Fsp3) is 0.143. The van der Waals surface area contributed by atoms with Crippen LogP contribution in [0.3, 0.4) is 0 Å². The molecule has 0 aliphatic rings. The summed E-state index contributed by atoms with van der Waals surface area (Å²) in [6, 6.07) is 18.7. The van der Waals surface area contributed by atoms with E-state index >= 15 is 0 Å². The number of nitrogens with two attached hydrogens (primary N) is 1. The first-order chi connectivity index (χ1) is 17.5. The van der Waals surface area contributed by atoms with E-state index in [0.717, 1.165) is 16.5 Å². The number of benzene rings is 3. The van der Waals surface area contributed by atoms with Crippen LogP contribution in [0.5, 0.6) is 5.75 Å². The average molecular weight is 517 g/mol. The van der Waals surface area contributed by atoms with E-state index in [0.29, 0.717) is 39.3 Å². The summed E-state index contributed by atoms with van der Waals surface area (Å²) < 4.78 is 35.4. The van der Waals surface area contributed by atoms with Crippen LogP contribution in [0.15, 0.2) is 76.0 Å². The highest BCUT2D eigenvalue weighted by Crippen LogP contribution is 2.38. The molecule has 0 bridgehead atoms. The summed E-state index contributed by atoms with van der Waals surface area (Å²) in [5.41, 5.74) is 4.00. The Kier molecular flexibility index (Phi) is 5.97. The van der Waals surface area contributed by atoms with E-state index < -0.39 is 22.1 Å². The van der Waals surface area contributed by atoms with Gasteiger partial charge in [0, 0.05) is 10.9 Å². The second-order valence-electron chi connectivity index (χ2n) is 8.89. The predicted octanol–water partition coefficient (Wildman–Crippen LogP) is 5.75. The number of furan rings is 1. The van der Waals surface area contributed by atoms with Gasteiger partial charge in [0.1, 0.15) is 23.1 Å². The zero-order valence-electron chi connectivity index (χ0n) is 20.3. The molecule has 5 rings (SSSR count). The van der Waals surface area contributed by atoms with Crippen LogP contribution in [0.2, 0.25) is 0 Å². The quantitative estimate of drug-likeness (QED) is 0.293. The van der Waals surface area contributed by atoms with Crippen molar-refractivity contribution in [2.24, 2.45) is 5.14 Å². The largest absolute Gasteiger partial charge is 0.485 e. The molecule has 0 saturated heterocycles. The lowest BCUT2D eigenvalue weighted by atomic mass is 10.0. The summed E-state index contributed by atoms with van der Waals surface area (Å²) in [5.74, 6) is -0.260. The third kappa shape index (κ3) is 4.43. The number of aromatic nitrogens is 1. The van der Waals surface area contributed by atoms with Crippen LogP contribution in [0.1, 0.15) is 40.1 Å². The first-order valence-corrected chi connectivity index (χ1v) is 13.0. The Labute approximate surface area is 213 Å². The van der Waals surface area contributed by atoms with Crippen molar-refractivity contribution in [3.8, 4) is 17.2 Å². The predicted molar refractivity (Wildman–Crippen MR) is 140 cm³/mol.